The second kappa shape index (κ2) is 6.19. The fourth-order valence-electron chi connectivity index (χ4n) is 1.31. The first-order valence-corrected chi connectivity index (χ1v) is 7.56. The lowest BCUT2D eigenvalue weighted by Gasteiger charge is -2.07. The molecule has 2 aromatic heterocycles. The average molecular weight is 285 g/mol. The highest BCUT2D eigenvalue weighted by Crippen LogP contribution is 2.33. The van der Waals surface area contributed by atoms with Crippen LogP contribution < -0.4 is 0 Å². The lowest BCUT2D eigenvalue weighted by atomic mass is 10.2. The fraction of sp³-hybridized carbons (Fsp3) is 0.364. The number of aromatic nitrogens is 3. The van der Waals surface area contributed by atoms with Gasteiger partial charge in [0.15, 0.2) is 0 Å². The molecule has 0 saturated carbocycles. The second-order valence-electron chi connectivity index (χ2n) is 3.57. The Hall–Kier alpha value is -1.08. The molecule has 96 valence electrons. The van der Waals surface area contributed by atoms with Crippen LogP contribution in [0.4, 0.5) is 4.39 Å². The summed E-state index contributed by atoms with van der Waals surface area (Å²) in [4.78, 5) is 3.63. The van der Waals surface area contributed by atoms with Crippen LogP contribution in [-0.2, 0) is 5.75 Å². The highest BCUT2D eigenvalue weighted by atomic mass is 32.2. The van der Waals surface area contributed by atoms with Gasteiger partial charge in [-0.25, -0.2) is 4.98 Å². The van der Waals surface area contributed by atoms with Crippen LogP contribution in [0.2, 0.25) is 0 Å². The predicted octanol–water partition coefficient (Wildman–Crippen LogP) is 3.32. The molecule has 2 heterocycles. The molecule has 0 N–H and O–H groups in total. The molecule has 0 amide bonds. The molecule has 0 aliphatic heterocycles. The first-order valence-electron chi connectivity index (χ1n) is 5.28. The SMILES string of the molecule is CSCc1nnc(SC(C)c2ccc(F)nc2)o1. The van der Waals surface area contributed by atoms with Crippen LogP contribution in [0, 0.1) is 5.95 Å². The zero-order valence-corrected chi connectivity index (χ0v) is 11.6. The largest absolute Gasteiger partial charge is 0.415 e. The van der Waals surface area contributed by atoms with Gasteiger partial charge < -0.3 is 4.42 Å². The Morgan fingerprint density at radius 3 is 2.89 bits per heavy atom. The number of rotatable bonds is 5. The van der Waals surface area contributed by atoms with Gasteiger partial charge in [-0.05, 0) is 24.8 Å². The van der Waals surface area contributed by atoms with E-state index in [-0.39, 0.29) is 5.25 Å². The van der Waals surface area contributed by atoms with Gasteiger partial charge in [0.05, 0.1) is 5.75 Å². The number of nitrogens with zero attached hydrogens (tertiary/aromatic N) is 3. The van der Waals surface area contributed by atoms with E-state index in [1.165, 1.54) is 24.0 Å². The molecule has 18 heavy (non-hydrogen) atoms. The summed E-state index contributed by atoms with van der Waals surface area (Å²) in [6.07, 6.45) is 3.50. The van der Waals surface area contributed by atoms with E-state index in [2.05, 4.69) is 15.2 Å². The van der Waals surface area contributed by atoms with Crippen LogP contribution in [0.15, 0.2) is 28.0 Å². The van der Waals surface area contributed by atoms with E-state index in [0.29, 0.717) is 16.9 Å². The van der Waals surface area contributed by atoms with E-state index in [1.807, 2.05) is 13.2 Å². The van der Waals surface area contributed by atoms with Gasteiger partial charge in [-0.15, -0.1) is 10.2 Å². The smallest absolute Gasteiger partial charge is 0.277 e. The highest BCUT2D eigenvalue weighted by Gasteiger charge is 2.13. The Kier molecular flexibility index (Phi) is 4.60. The van der Waals surface area contributed by atoms with Crippen molar-refractivity contribution in [3.63, 3.8) is 0 Å². The Balaban J connectivity index is 2.01. The molecule has 7 heteroatoms. The van der Waals surface area contributed by atoms with E-state index < -0.39 is 5.95 Å². The third-order valence-electron chi connectivity index (χ3n) is 2.21. The minimum Gasteiger partial charge on any atom is -0.415 e. The van der Waals surface area contributed by atoms with Crippen LogP contribution in [0.1, 0.15) is 23.6 Å². The molecule has 0 aromatic carbocycles. The highest BCUT2D eigenvalue weighted by molar-refractivity contribution is 7.99. The first-order chi connectivity index (χ1) is 8.69. The third-order valence-corrected chi connectivity index (χ3v) is 3.74. The maximum Gasteiger partial charge on any atom is 0.277 e. The number of halogens is 1. The third kappa shape index (κ3) is 3.46. The molecule has 0 aliphatic carbocycles. The molecular weight excluding hydrogens is 273 g/mol. The molecule has 0 aliphatic rings. The summed E-state index contributed by atoms with van der Waals surface area (Å²) < 4.78 is 18.2. The molecule has 0 radical (unpaired) electrons. The molecule has 0 saturated heterocycles. The van der Waals surface area contributed by atoms with Gasteiger partial charge in [0.25, 0.3) is 5.22 Å². The summed E-state index contributed by atoms with van der Waals surface area (Å²) in [6, 6.07) is 3.05. The van der Waals surface area contributed by atoms with E-state index >= 15 is 0 Å². The standard InChI is InChI=1S/C11H12FN3OS2/c1-7(8-3-4-9(12)13-5-8)18-11-15-14-10(16-11)6-17-2/h3-5,7H,6H2,1-2H3. The number of hydrogen-bond acceptors (Lipinski definition) is 6. The van der Waals surface area contributed by atoms with Crippen molar-refractivity contribution < 1.29 is 8.81 Å². The van der Waals surface area contributed by atoms with Crippen molar-refractivity contribution in [1.82, 2.24) is 15.2 Å². The summed E-state index contributed by atoms with van der Waals surface area (Å²) in [5, 5.41) is 8.50. The molecule has 0 spiro atoms. The summed E-state index contributed by atoms with van der Waals surface area (Å²) in [6.45, 7) is 1.98. The van der Waals surface area contributed by atoms with Gasteiger partial charge in [0, 0.05) is 11.4 Å². The number of hydrogen-bond donors (Lipinski definition) is 0. The molecule has 4 nitrogen and oxygen atoms in total. The van der Waals surface area contributed by atoms with E-state index in [4.69, 9.17) is 4.42 Å². The van der Waals surface area contributed by atoms with Crippen molar-refractivity contribution in [3.05, 3.63) is 35.7 Å². The summed E-state index contributed by atoms with van der Waals surface area (Å²) in [5.74, 6) is 0.852. The zero-order chi connectivity index (χ0) is 13.0. The zero-order valence-electron chi connectivity index (χ0n) is 9.96. The lowest BCUT2D eigenvalue weighted by molar-refractivity contribution is 0.426. The van der Waals surface area contributed by atoms with Crippen molar-refractivity contribution in [2.75, 3.05) is 6.26 Å². The van der Waals surface area contributed by atoms with Crippen LogP contribution in [0.3, 0.4) is 0 Å². The summed E-state index contributed by atoms with van der Waals surface area (Å²) in [5.41, 5.74) is 0.922. The van der Waals surface area contributed by atoms with Crippen LogP contribution in [0.25, 0.3) is 0 Å². The van der Waals surface area contributed by atoms with E-state index in [9.17, 15) is 4.39 Å². The Labute approximate surface area is 113 Å². The fourth-order valence-corrected chi connectivity index (χ4v) is 2.49. The van der Waals surface area contributed by atoms with Crippen LogP contribution in [-0.4, -0.2) is 21.4 Å². The Bertz CT molecular complexity index is 503. The molecule has 2 aromatic rings. The maximum absolute atomic E-state index is 12.7. The normalized spacial score (nSPS) is 12.6. The van der Waals surface area contributed by atoms with Gasteiger partial charge in [0.1, 0.15) is 0 Å². The quantitative estimate of drug-likeness (QED) is 0.620. The van der Waals surface area contributed by atoms with E-state index in [0.717, 1.165) is 5.56 Å². The number of pyridine rings is 1. The molecule has 1 unspecified atom stereocenters. The molecule has 0 fully saturated rings. The topological polar surface area (TPSA) is 51.8 Å². The van der Waals surface area contributed by atoms with Gasteiger partial charge in [-0.1, -0.05) is 17.8 Å². The second-order valence-corrected chi connectivity index (χ2v) is 5.73. The monoisotopic (exact) mass is 285 g/mol. The predicted molar refractivity (Wildman–Crippen MR) is 70.0 cm³/mol. The molecule has 0 bridgehead atoms. The van der Waals surface area contributed by atoms with Crippen molar-refractivity contribution in [2.45, 2.75) is 23.1 Å². The molecular formula is C11H12FN3OS2. The Morgan fingerprint density at radius 1 is 1.39 bits per heavy atom. The minimum absolute atomic E-state index is 0.0840. The van der Waals surface area contributed by atoms with E-state index in [1.54, 1.807) is 17.8 Å². The van der Waals surface area contributed by atoms with Crippen molar-refractivity contribution in [1.29, 1.82) is 0 Å². The van der Waals surface area contributed by atoms with Crippen molar-refractivity contribution in [3.8, 4) is 0 Å². The Morgan fingerprint density at radius 2 is 2.22 bits per heavy atom. The summed E-state index contributed by atoms with van der Waals surface area (Å²) >= 11 is 3.06. The van der Waals surface area contributed by atoms with Gasteiger partial charge in [-0.3, -0.25) is 0 Å². The lowest BCUT2D eigenvalue weighted by Crippen LogP contribution is -1.91. The van der Waals surface area contributed by atoms with Gasteiger partial charge in [0.2, 0.25) is 11.8 Å². The first kappa shape index (κ1) is 13.4. The summed E-state index contributed by atoms with van der Waals surface area (Å²) in [7, 11) is 0. The number of thioether (sulfide) groups is 2. The van der Waals surface area contributed by atoms with Gasteiger partial charge >= 0.3 is 0 Å². The van der Waals surface area contributed by atoms with Crippen LogP contribution >= 0.6 is 23.5 Å². The van der Waals surface area contributed by atoms with Gasteiger partial charge in [-0.2, -0.15) is 16.2 Å². The molecule has 1 atom stereocenters. The average Bonchev–Trinajstić information content (AvgIpc) is 2.78. The van der Waals surface area contributed by atoms with Crippen molar-refractivity contribution >= 4 is 23.5 Å². The maximum atomic E-state index is 12.7. The minimum atomic E-state index is -0.476. The van der Waals surface area contributed by atoms with Crippen molar-refractivity contribution in [2.24, 2.45) is 0 Å². The van der Waals surface area contributed by atoms with Crippen LogP contribution in [0.5, 0.6) is 0 Å². The molecule has 2 rings (SSSR count).